The van der Waals surface area contributed by atoms with E-state index in [1.165, 1.54) is 10.9 Å². The fourth-order valence-electron chi connectivity index (χ4n) is 3.31. The van der Waals surface area contributed by atoms with Crippen LogP contribution < -0.4 is 21.1 Å². The van der Waals surface area contributed by atoms with E-state index >= 15 is 0 Å². The van der Waals surface area contributed by atoms with Crippen molar-refractivity contribution >= 4 is 40.1 Å². The molecule has 4 rings (SSSR count). The zero-order valence-corrected chi connectivity index (χ0v) is 16.2. The highest BCUT2D eigenvalue weighted by molar-refractivity contribution is 6.23. The average Bonchev–Trinajstić information content (AvgIpc) is 2.99. The molecule has 30 heavy (non-hydrogen) atoms. The van der Waals surface area contributed by atoms with Gasteiger partial charge in [-0.1, -0.05) is 24.3 Å². The van der Waals surface area contributed by atoms with Gasteiger partial charge in [0.15, 0.2) is 0 Å². The zero-order chi connectivity index (χ0) is 21.3. The molecule has 1 aliphatic rings. The fourth-order valence-corrected chi connectivity index (χ4v) is 3.31. The van der Waals surface area contributed by atoms with Crippen molar-refractivity contribution in [2.45, 2.75) is 25.9 Å². The van der Waals surface area contributed by atoms with Crippen LogP contribution in [0.3, 0.4) is 0 Å². The summed E-state index contributed by atoms with van der Waals surface area (Å²) in [4.78, 5) is 54.7. The molecule has 1 unspecified atom stereocenters. The largest absolute Gasteiger partial charge is 0.329 e. The first-order valence-corrected chi connectivity index (χ1v) is 9.43. The van der Waals surface area contributed by atoms with Crippen molar-refractivity contribution in [2.24, 2.45) is 0 Å². The summed E-state index contributed by atoms with van der Waals surface area (Å²) in [7, 11) is 0. The standard InChI is InChI=1S/C21H19N5O4/c1-13-19(28)26(21(30)23-13)17-9-5-4-8-16(17)24-18(27)10-11-25-12-22-15-7-3-2-6-14(15)20(25)29/h2-9,12-13H,10-11H2,1H3,(H,23,30)(H,24,27). The number of aryl methyl sites for hydroxylation is 1. The van der Waals surface area contributed by atoms with E-state index in [1.807, 2.05) is 0 Å². The minimum absolute atomic E-state index is 0.0187. The number of anilines is 2. The average molecular weight is 405 g/mol. The number of amides is 4. The maximum Gasteiger partial charge on any atom is 0.329 e. The fraction of sp³-hybridized carbons (Fsp3) is 0.190. The zero-order valence-electron chi connectivity index (χ0n) is 16.2. The summed E-state index contributed by atoms with van der Waals surface area (Å²) in [5.74, 6) is -0.752. The number of carbonyl (C=O) groups is 3. The number of benzene rings is 2. The minimum Gasteiger partial charge on any atom is -0.326 e. The van der Waals surface area contributed by atoms with Gasteiger partial charge in [0, 0.05) is 13.0 Å². The Kier molecular flexibility index (Phi) is 5.01. The number of fused-ring (bicyclic) bond motifs is 1. The summed E-state index contributed by atoms with van der Waals surface area (Å²) < 4.78 is 1.38. The first-order chi connectivity index (χ1) is 14.5. The molecule has 2 N–H and O–H groups in total. The second kappa shape index (κ2) is 7.78. The number of hydrogen-bond acceptors (Lipinski definition) is 5. The Hall–Kier alpha value is -4.01. The monoisotopic (exact) mass is 405 g/mol. The molecule has 152 valence electrons. The molecular weight excluding hydrogens is 386 g/mol. The highest BCUT2D eigenvalue weighted by Crippen LogP contribution is 2.28. The van der Waals surface area contributed by atoms with Crippen molar-refractivity contribution in [2.75, 3.05) is 10.2 Å². The molecule has 1 saturated heterocycles. The van der Waals surface area contributed by atoms with Crippen molar-refractivity contribution in [3.05, 3.63) is 65.2 Å². The van der Waals surface area contributed by atoms with E-state index in [0.29, 0.717) is 22.3 Å². The Morgan fingerprint density at radius 3 is 2.60 bits per heavy atom. The van der Waals surface area contributed by atoms with Crippen LogP contribution in [-0.4, -0.2) is 33.4 Å². The molecule has 0 radical (unpaired) electrons. The Labute approximate surface area is 171 Å². The summed E-state index contributed by atoms with van der Waals surface area (Å²) in [6.45, 7) is 1.74. The highest BCUT2D eigenvalue weighted by atomic mass is 16.2. The van der Waals surface area contributed by atoms with Crippen molar-refractivity contribution in [3.63, 3.8) is 0 Å². The number of aromatic nitrogens is 2. The lowest BCUT2D eigenvalue weighted by Gasteiger charge is -2.17. The van der Waals surface area contributed by atoms with Crippen molar-refractivity contribution in [3.8, 4) is 0 Å². The first-order valence-electron chi connectivity index (χ1n) is 9.43. The number of nitrogens with one attached hydrogen (secondary N) is 2. The van der Waals surface area contributed by atoms with E-state index in [-0.39, 0.29) is 24.4 Å². The quantitative estimate of drug-likeness (QED) is 0.629. The first kappa shape index (κ1) is 19.3. The Morgan fingerprint density at radius 1 is 1.10 bits per heavy atom. The van der Waals surface area contributed by atoms with Gasteiger partial charge in [-0.05, 0) is 31.2 Å². The molecule has 1 fully saturated rings. The van der Waals surface area contributed by atoms with Crippen LogP contribution in [0.15, 0.2) is 59.7 Å². The van der Waals surface area contributed by atoms with Gasteiger partial charge in [-0.15, -0.1) is 0 Å². The molecule has 2 heterocycles. The van der Waals surface area contributed by atoms with Crippen LogP contribution in [0.4, 0.5) is 16.2 Å². The van der Waals surface area contributed by atoms with Gasteiger partial charge in [-0.25, -0.2) is 14.7 Å². The molecule has 1 atom stereocenters. The van der Waals surface area contributed by atoms with Gasteiger partial charge in [0.05, 0.1) is 28.6 Å². The van der Waals surface area contributed by atoms with Crippen LogP contribution in [0, 0.1) is 0 Å². The Balaban J connectivity index is 1.49. The molecule has 9 nitrogen and oxygen atoms in total. The summed E-state index contributed by atoms with van der Waals surface area (Å²) >= 11 is 0. The van der Waals surface area contributed by atoms with E-state index < -0.39 is 18.0 Å². The number of rotatable bonds is 5. The summed E-state index contributed by atoms with van der Waals surface area (Å²) in [5.41, 5.74) is 1.01. The molecule has 4 amide bonds. The molecule has 2 aromatic carbocycles. The van der Waals surface area contributed by atoms with Crippen LogP contribution in [0.1, 0.15) is 13.3 Å². The molecule has 1 aliphatic heterocycles. The van der Waals surface area contributed by atoms with Crippen molar-refractivity contribution in [1.29, 1.82) is 0 Å². The number of carbonyl (C=O) groups excluding carboxylic acids is 3. The smallest absolute Gasteiger partial charge is 0.326 e. The Bertz CT molecular complexity index is 1220. The topological polar surface area (TPSA) is 113 Å². The maximum absolute atomic E-state index is 12.5. The van der Waals surface area contributed by atoms with E-state index in [4.69, 9.17) is 0 Å². The normalized spacial score (nSPS) is 16.0. The molecule has 0 bridgehead atoms. The molecular formula is C21H19N5O4. The number of hydrogen-bond donors (Lipinski definition) is 2. The predicted molar refractivity (Wildman–Crippen MR) is 111 cm³/mol. The van der Waals surface area contributed by atoms with Crippen LogP contribution in [0.25, 0.3) is 10.9 Å². The van der Waals surface area contributed by atoms with E-state index in [0.717, 1.165) is 4.90 Å². The number of para-hydroxylation sites is 3. The second-order valence-electron chi connectivity index (χ2n) is 6.92. The lowest BCUT2D eigenvalue weighted by Crippen LogP contribution is -2.32. The van der Waals surface area contributed by atoms with E-state index in [9.17, 15) is 19.2 Å². The van der Waals surface area contributed by atoms with Crippen LogP contribution >= 0.6 is 0 Å². The molecule has 0 spiro atoms. The van der Waals surface area contributed by atoms with Crippen LogP contribution in [0.2, 0.25) is 0 Å². The number of urea groups is 1. The van der Waals surface area contributed by atoms with Gasteiger partial charge in [-0.2, -0.15) is 0 Å². The number of nitrogens with zero attached hydrogens (tertiary/aromatic N) is 3. The van der Waals surface area contributed by atoms with Gasteiger partial charge in [0.1, 0.15) is 6.04 Å². The third-order valence-electron chi connectivity index (χ3n) is 4.86. The summed E-state index contributed by atoms with van der Waals surface area (Å²) in [6, 6.07) is 12.4. The third kappa shape index (κ3) is 3.52. The van der Waals surface area contributed by atoms with Crippen molar-refractivity contribution < 1.29 is 14.4 Å². The van der Waals surface area contributed by atoms with Gasteiger partial charge < -0.3 is 10.6 Å². The SMILES string of the molecule is CC1NC(=O)N(c2ccccc2NC(=O)CCn2cnc3ccccc3c2=O)C1=O. The van der Waals surface area contributed by atoms with Crippen LogP contribution in [-0.2, 0) is 16.1 Å². The molecule has 0 saturated carbocycles. The molecule has 1 aromatic heterocycles. The lowest BCUT2D eigenvalue weighted by atomic mass is 10.2. The maximum atomic E-state index is 12.5. The number of imide groups is 1. The van der Waals surface area contributed by atoms with Gasteiger partial charge >= 0.3 is 6.03 Å². The molecule has 0 aliphatic carbocycles. The highest BCUT2D eigenvalue weighted by Gasteiger charge is 2.37. The predicted octanol–water partition coefficient (Wildman–Crippen LogP) is 1.87. The summed E-state index contributed by atoms with van der Waals surface area (Å²) in [6.07, 6.45) is 1.44. The lowest BCUT2D eigenvalue weighted by molar-refractivity contribution is -0.118. The van der Waals surface area contributed by atoms with Gasteiger partial charge in [0.2, 0.25) is 5.91 Å². The van der Waals surface area contributed by atoms with E-state index in [1.54, 1.807) is 55.5 Å². The molecule has 3 aromatic rings. The molecule has 9 heteroatoms. The van der Waals surface area contributed by atoms with Crippen molar-refractivity contribution in [1.82, 2.24) is 14.9 Å². The minimum atomic E-state index is -0.631. The summed E-state index contributed by atoms with van der Waals surface area (Å²) in [5, 5.41) is 5.75. The van der Waals surface area contributed by atoms with Gasteiger partial charge in [0.25, 0.3) is 11.5 Å². The van der Waals surface area contributed by atoms with Crippen LogP contribution in [0.5, 0.6) is 0 Å². The van der Waals surface area contributed by atoms with Gasteiger partial charge in [-0.3, -0.25) is 19.0 Å². The second-order valence-corrected chi connectivity index (χ2v) is 6.92. The van der Waals surface area contributed by atoms with E-state index in [2.05, 4.69) is 15.6 Å². The Morgan fingerprint density at radius 2 is 1.83 bits per heavy atom. The third-order valence-corrected chi connectivity index (χ3v) is 4.86.